The number of β-amino-alcohol motifs (C(OH)–C–C–N with tert-alkyl or cyclic N) is 1. The molecule has 0 radical (unpaired) electrons. The van der Waals surface area contributed by atoms with Gasteiger partial charge in [0.2, 0.25) is 0 Å². The summed E-state index contributed by atoms with van der Waals surface area (Å²) in [5.41, 5.74) is 1.81. The summed E-state index contributed by atoms with van der Waals surface area (Å²) in [7, 11) is 0. The minimum Gasteiger partial charge on any atom is -0.389 e. The van der Waals surface area contributed by atoms with Crippen molar-refractivity contribution in [3.05, 3.63) is 53.3 Å². The van der Waals surface area contributed by atoms with Gasteiger partial charge in [0.1, 0.15) is 5.69 Å². The Morgan fingerprint density at radius 1 is 1.21 bits per heavy atom. The maximum absolute atomic E-state index is 13.4. The zero-order valence-corrected chi connectivity index (χ0v) is 16.6. The molecular weight excluding hydrogens is 368 g/mol. The van der Waals surface area contributed by atoms with Gasteiger partial charge in [0.05, 0.1) is 12.6 Å². The number of rotatable bonds is 5. The van der Waals surface area contributed by atoms with Crippen LogP contribution in [0.5, 0.6) is 0 Å². The van der Waals surface area contributed by atoms with Crippen molar-refractivity contribution in [1.29, 1.82) is 0 Å². The lowest BCUT2D eigenvalue weighted by Gasteiger charge is -2.34. The Labute approximate surface area is 170 Å². The van der Waals surface area contributed by atoms with E-state index in [2.05, 4.69) is 22.5 Å². The first-order valence-corrected chi connectivity index (χ1v) is 10.5. The van der Waals surface area contributed by atoms with E-state index in [1.165, 1.54) is 16.7 Å². The van der Waals surface area contributed by atoms with Crippen LogP contribution in [0.15, 0.2) is 36.4 Å². The van der Waals surface area contributed by atoms with Crippen molar-refractivity contribution in [3.63, 3.8) is 0 Å². The summed E-state index contributed by atoms with van der Waals surface area (Å²) in [4.78, 5) is 27.6. The van der Waals surface area contributed by atoms with Crippen molar-refractivity contribution < 1.29 is 14.7 Å². The van der Waals surface area contributed by atoms with Crippen LogP contribution in [0.25, 0.3) is 0 Å². The summed E-state index contributed by atoms with van der Waals surface area (Å²) in [6.07, 6.45) is 5.57. The number of nitrogens with one attached hydrogen (secondary N) is 1. The number of aromatic nitrogens is 2. The number of hydrogen-bond acceptors (Lipinski definition) is 4. The maximum atomic E-state index is 13.4. The summed E-state index contributed by atoms with van der Waals surface area (Å²) in [6, 6.07) is 11.9. The van der Waals surface area contributed by atoms with Crippen LogP contribution in [-0.2, 0) is 13.0 Å². The molecule has 0 spiro atoms. The molecule has 1 aliphatic heterocycles. The second-order valence-corrected chi connectivity index (χ2v) is 7.99. The molecule has 1 saturated carbocycles. The lowest BCUT2D eigenvalue weighted by Crippen LogP contribution is -2.43. The molecule has 1 atom stereocenters. The molecule has 4 rings (SSSR count). The predicted octanol–water partition coefficient (Wildman–Crippen LogP) is 2.00. The monoisotopic (exact) mass is 396 g/mol. The molecule has 0 unspecified atom stereocenters. The van der Waals surface area contributed by atoms with Gasteiger partial charge in [-0.1, -0.05) is 49.6 Å². The Balaban J connectivity index is 1.56. The van der Waals surface area contributed by atoms with Gasteiger partial charge in [-0.25, -0.2) is 0 Å². The topological polar surface area (TPSA) is 87.5 Å². The number of hydrogen-bond donors (Lipinski definition) is 2. The number of amides is 2. The Bertz CT molecular complexity index is 858. The van der Waals surface area contributed by atoms with Crippen molar-refractivity contribution in [2.24, 2.45) is 0 Å². The molecule has 2 aromatic rings. The number of nitrogens with zero attached hydrogens (tertiary/aromatic N) is 3. The Hall–Kier alpha value is -2.67. The summed E-state index contributed by atoms with van der Waals surface area (Å²) in [5.74, 6) is -0.433. The minimum atomic E-state index is -0.712. The summed E-state index contributed by atoms with van der Waals surface area (Å²) in [6.45, 7) is 1.02. The van der Waals surface area contributed by atoms with Gasteiger partial charge in [-0.3, -0.25) is 14.3 Å². The zero-order valence-electron chi connectivity index (χ0n) is 16.6. The first kappa shape index (κ1) is 19.6. The molecule has 1 fully saturated rings. The van der Waals surface area contributed by atoms with Crippen molar-refractivity contribution in [2.75, 3.05) is 13.1 Å². The number of carbonyl (C=O) groups is 2. The molecule has 7 heteroatoms. The minimum absolute atomic E-state index is 0.129. The van der Waals surface area contributed by atoms with Crippen molar-refractivity contribution in [3.8, 4) is 0 Å². The van der Waals surface area contributed by atoms with Crippen LogP contribution in [0, 0.1) is 0 Å². The molecule has 0 bridgehead atoms. The normalized spacial score (nSPS) is 19.9. The van der Waals surface area contributed by atoms with Crippen molar-refractivity contribution in [1.82, 2.24) is 20.0 Å². The first-order valence-electron chi connectivity index (χ1n) is 10.5. The van der Waals surface area contributed by atoms with Gasteiger partial charge >= 0.3 is 0 Å². The second-order valence-electron chi connectivity index (χ2n) is 7.99. The molecule has 154 valence electrons. The molecular formula is C22H28N4O3. The summed E-state index contributed by atoms with van der Waals surface area (Å²) in [5, 5.41) is 17.0. The third-order valence-corrected chi connectivity index (χ3v) is 5.87. The van der Waals surface area contributed by atoms with E-state index in [1.807, 2.05) is 23.1 Å². The number of fused-ring (bicyclic) bond motifs is 1. The average Bonchev–Trinajstić information content (AvgIpc) is 3.12. The highest BCUT2D eigenvalue weighted by Gasteiger charge is 2.30. The van der Waals surface area contributed by atoms with Gasteiger partial charge in [0.25, 0.3) is 11.8 Å². The third kappa shape index (κ3) is 4.50. The van der Waals surface area contributed by atoms with Crippen LogP contribution in [0.1, 0.15) is 58.6 Å². The Kier molecular flexibility index (Phi) is 5.94. The SMILES string of the molecule is O=C1NC[C@@H](O)Cn2nc(C(=O)N(CCc3ccccc3)C3CCCCC3)cc21. The van der Waals surface area contributed by atoms with Gasteiger partial charge in [-0.15, -0.1) is 0 Å². The highest BCUT2D eigenvalue weighted by atomic mass is 16.3. The number of aliphatic hydroxyl groups excluding tert-OH is 1. The fraction of sp³-hybridized carbons (Fsp3) is 0.500. The van der Waals surface area contributed by atoms with Crippen LogP contribution < -0.4 is 5.32 Å². The van der Waals surface area contributed by atoms with E-state index < -0.39 is 6.10 Å². The van der Waals surface area contributed by atoms with Crippen LogP contribution in [0.3, 0.4) is 0 Å². The Morgan fingerprint density at radius 3 is 2.72 bits per heavy atom. The van der Waals surface area contributed by atoms with E-state index in [1.54, 1.807) is 6.07 Å². The average molecular weight is 396 g/mol. The van der Waals surface area contributed by atoms with E-state index in [0.29, 0.717) is 12.2 Å². The Morgan fingerprint density at radius 2 is 1.97 bits per heavy atom. The zero-order chi connectivity index (χ0) is 20.2. The van der Waals surface area contributed by atoms with E-state index in [-0.39, 0.29) is 36.6 Å². The third-order valence-electron chi connectivity index (χ3n) is 5.87. The smallest absolute Gasteiger partial charge is 0.274 e. The lowest BCUT2D eigenvalue weighted by atomic mass is 9.93. The standard InChI is InChI=1S/C22H28N4O3/c27-18-14-23-21(28)20-13-19(24-26(20)15-18)22(29)25(17-9-5-2-6-10-17)12-11-16-7-3-1-4-8-16/h1,3-4,7-8,13,17-18,27H,2,5-6,9-12,14-15H2,(H,23,28)/t18-/m1/s1. The molecule has 1 aliphatic carbocycles. The number of carbonyl (C=O) groups excluding carboxylic acids is 2. The molecule has 2 heterocycles. The van der Waals surface area contributed by atoms with E-state index in [4.69, 9.17) is 0 Å². The highest BCUT2D eigenvalue weighted by Crippen LogP contribution is 2.25. The fourth-order valence-electron chi connectivity index (χ4n) is 4.29. The first-order chi connectivity index (χ1) is 14.1. The largest absolute Gasteiger partial charge is 0.389 e. The van der Waals surface area contributed by atoms with Gasteiger partial charge in [-0.05, 0) is 24.8 Å². The van der Waals surface area contributed by atoms with Gasteiger partial charge in [0.15, 0.2) is 5.69 Å². The van der Waals surface area contributed by atoms with Crippen LogP contribution >= 0.6 is 0 Å². The molecule has 2 N–H and O–H groups in total. The quantitative estimate of drug-likeness (QED) is 0.809. The lowest BCUT2D eigenvalue weighted by molar-refractivity contribution is 0.0628. The predicted molar refractivity (Wildman–Crippen MR) is 109 cm³/mol. The summed E-state index contributed by atoms with van der Waals surface area (Å²) < 4.78 is 1.45. The van der Waals surface area contributed by atoms with Gasteiger partial charge in [-0.2, -0.15) is 5.10 Å². The molecule has 1 aromatic heterocycles. The van der Waals surface area contributed by atoms with E-state index in [0.717, 1.165) is 32.1 Å². The number of aliphatic hydroxyl groups is 1. The van der Waals surface area contributed by atoms with Gasteiger partial charge < -0.3 is 15.3 Å². The molecule has 1 aromatic carbocycles. The van der Waals surface area contributed by atoms with Crippen LogP contribution in [0.2, 0.25) is 0 Å². The molecule has 2 amide bonds. The van der Waals surface area contributed by atoms with E-state index in [9.17, 15) is 14.7 Å². The van der Waals surface area contributed by atoms with Crippen molar-refractivity contribution in [2.45, 2.75) is 57.2 Å². The molecule has 29 heavy (non-hydrogen) atoms. The van der Waals surface area contributed by atoms with Crippen LogP contribution in [-0.4, -0.2) is 56.8 Å². The molecule has 7 nitrogen and oxygen atoms in total. The van der Waals surface area contributed by atoms with E-state index >= 15 is 0 Å². The fourth-order valence-corrected chi connectivity index (χ4v) is 4.29. The maximum Gasteiger partial charge on any atom is 0.274 e. The number of benzene rings is 1. The molecule has 2 aliphatic rings. The van der Waals surface area contributed by atoms with Gasteiger partial charge in [0, 0.05) is 25.2 Å². The second kappa shape index (κ2) is 8.78. The summed E-state index contributed by atoms with van der Waals surface area (Å²) >= 11 is 0. The van der Waals surface area contributed by atoms with Crippen molar-refractivity contribution >= 4 is 11.8 Å². The highest BCUT2D eigenvalue weighted by molar-refractivity contribution is 5.98. The molecule has 0 saturated heterocycles. The van der Waals surface area contributed by atoms with Crippen LogP contribution in [0.4, 0.5) is 0 Å².